The second-order valence-corrected chi connectivity index (χ2v) is 5.70. The van der Waals surface area contributed by atoms with Gasteiger partial charge in [-0.1, -0.05) is 18.5 Å². The van der Waals surface area contributed by atoms with Gasteiger partial charge in [-0.3, -0.25) is 9.59 Å². The highest BCUT2D eigenvalue weighted by Crippen LogP contribution is 2.34. The number of benzene rings is 1. The Morgan fingerprint density at radius 3 is 3.05 bits per heavy atom. The van der Waals surface area contributed by atoms with Crippen LogP contribution in [0.2, 0.25) is 5.02 Å². The first kappa shape index (κ1) is 13.6. The minimum atomic E-state index is -0.124. The lowest BCUT2D eigenvalue weighted by Gasteiger charge is -2.16. The Balaban J connectivity index is 1.93. The third-order valence-corrected chi connectivity index (χ3v) is 4.34. The predicted octanol–water partition coefficient (Wildman–Crippen LogP) is 2.83. The molecule has 1 saturated heterocycles. The van der Waals surface area contributed by atoms with Gasteiger partial charge in [-0.15, -0.1) is 0 Å². The largest absolute Gasteiger partial charge is 0.377 e. The molecule has 0 aromatic heterocycles. The molecule has 1 N–H and O–H groups in total. The number of Topliss-reactive ketones (excluding diaryl/α,β-unsaturated/α-hetero) is 1. The lowest BCUT2D eigenvalue weighted by molar-refractivity contribution is -0.115. The summed E-state index contributed by atoms with van der Waals surface area (Å²) in [5, 5.41) is 3.14. The molecular formula is C15H16ClNO3. The van der Waals surface area contributed by atoms with E-state index in [2.05, 4.69) is 5.32 Å². The van der Waals surface area contributed by atoms with Crippen molar-refractivity contribution in [3.63, 3.8) is 0 Å². The number of halogens is 1. The molecule has 0 spiro atoms. The Bertz CT molecular complexity index is 585. The number of carbonyl (C=O) groups is 2. The summed E-state index contributed by atoms with van der Waals surface area (Å²) < 4.78 is 5.58. The van der Waals surface area contributed by atoms with E-state index in [0.717, 1.165) is 18.4 Å². The van der Waals surface area contributed by atoms with Gasteiger partial charge < -0.3 is 10.1 Å². The van der Waals surface area contributed by atoms with Crippen molar-refractivity contribution in [2.75, 3.05) is 11.9 Å². The van der Waals surface area contributed by atoms with Crippen LogP contribution in [0.3, 0.4) is 0 Å². The number of fused-ring (bicyclic) bond motifs is 1. The summed E-state index contributed by atoms with van der Waals surface area (Å²) in [4.78, 5) is 24.0. The number of hydrogen-bond acceptors (Lipinski definition) is 3. The molecular weight excluding hydrogens is 278 g/mol. The van der Waals surface area contributed by atoms with Crippen molar-refractivity contribution in [3.05, 3.63) is 28.3 Å². The maximum atomic E-state index is 12.6. The number of hydrogen-bond donors (Lipinski definition) is 1. The number of nitrogens with one attached hydrogen (secondary N) is 1. The van der Waals surface area contributed by atoms with E-state index in [4.69, 9.17) is 16.3 Å². The van der Waals surface area contributed by atoms with Crippen LogP contribution in [-0.2, 0) is 16.0 Å². The number of amides is 1. The molecule has 0 aliphatic carbocycles. The van der Waals surface area contributed by atoms with Gasteiger partial charge >= 0.3 is 0 Å². The molecule has 0 saturated carbocycles. The standard InChI is InChI=1S/C15H16ClNO3/c1-2-13-9(3-4-20-13)15(19)10-5-8-6-14(18)17-12(8)7-11(10)16/h5,7,9,13H,2-4,6H2,1H3,(H,17,18). The predicted molar refractivity (Wildman–Crippen MR) is 76.3 cm³/mol. The van der Waals surface area contributed by atoms with Gasteiger partial charge in [0.05, 0.1) is 23.5 Å². The van der Waals surface area contributed by atoms with Crippen LogP contribution >= 0.6 is 11.6 Å². The van der Waals surface area contributed by atoms with Crippen molar-refractivity contribution < 1.29 is 14.3 Å². The Hall–Kier alpha value is -1.39. The fourth-order valence-electron chi connectivity index (χ4n) is 2.99. The van der Waals surface area contributed by atoms with Crippen LogP contribution in [0.1, 0.15) is 35.7 Å². The first-order valence-corrected chi connectivity index (χ1v) is 7.26. The zero-order valence-electron chi connectivity index (χ0n) is 11.2. The maximum absolute atomic E-state index is 12.6. The summed E-state index contributed by atoms with van der Waals surface area (Å²) in [5.74, 6) is -0.154. The topological polar surface area (TPSA) is 55.4 Å². The number of ether oxygens (including phenoxy) is 1. The molecule has 20 heavy (non-hydrogen) atoms. The average Bonchev–Trinajstić information content (AvgIpc) is 3.01. The van der Waals surface area contributed by atoms with E-state index in [0.29, 0.717) is 29.3 Å². The Morgan fingerprint density at radius 2 is 2.30 bits per heavy atom. The average molecular weight is 294 g/mol. The molecule has 1 fully saturated rings. The molecule has 0 radical (unpaired) electrons. The van der Waals surface area contributed by atoms with Crippen molar-refractivity contribution in [1.82, 2.24) is 0 Å². The van der Waals surface area contributed by atoms with Crippen LogP contribution in [0.25, 0.3) is 0 Å². The summed E-state index contributed by atoms with van der Waals surface area (Å²) in [7, 11) is 0. The Kier molecular flexibility index (Phi) is 3.52. The van der Waals surface area contributed by atoms with Gasteiger partial charge in [0, 0.05) is 17.9 Å². The molecule has 106 valence electrons. The SMILES string of the molecule is CCC1OCCC1C(=O)c1cc2c(cc1Cl)NC(=O)C2. The van der Waals surface area contributed by atoms with Crippen molar-refractivity contribution in [1.29, 1.82) is 0 Å². The monoisotopic (exact) mass is 293 g/mol. The number of anilines is 1. The summed E-state index contributed by atoms with van der Waals surface area (Å²) in [6.45, 7) is 2.64. The summed E-state index contributed by atoms with van der Waals surface area (Å²) in [5.41, 5.74) is 2.07. The van der Waals surface area contributed by atoms with E-state index in [1.165, 1.54) is 0 Å². The highest BCUT2D eigenvalue weighted by molar-refractivity contribution is 6.34. The molecule has 2 aliphatic rings. The molecule has 5 heteroatoms. The van der Waals surface area contributed by atoms with Gasteiger partial charge in [0.1, 0.15) is 0 Å². The van der Waals surface area contributed by atoms with Crippen LogP contribution in [0, 0.1) is 5.92 Å². The van der Waals surface area contributed by atoms with E-state index < -0.39 is 0 Å². The molecule has 1 aromatic carbocycles. The van der Waals surface area contributed by atoms with Crippen molar-refractivity contribution >= 4 is 29.0 Å². The highest BCUT2D eigenvalue weighted by atomic mass is 35.5. The fourth-order valence-corrected chi connectivity index (χ4v) is 3.24. The van der Waals surface area contributed by atoms with Gasteiger partial charge in [-0.25, -0.2) is 0 Å². The summed E-state index contributed by atoms with van der Waals surface area (Å²) in [6, 6.07) is 3.43. The Labute approximate surface area is 122 Å². The molecule has 4 nitrogen and oxygen atoms in total. The van der Waals surface area contributed by atoms with Crippen LogP contribution < -0.4 is 5.32 Å². The summed E-state index contributed by atoms with van der Waals surface area (Å²) >= 11 is 6.21. The van der Waals surface area contributed by atoms with E-state index in [9.17, 15) is 9.59 Å². The van der Waals surface area contributed by atoms with Gasteiger partial charge in [-0.05, 0) is 30.5 Å². The van der Waals surface area contributed by atoms with E-state index in [1.54, 1.807) is 12.1 Å². The van der Waals surface area contributed by atoms with Crippen LogP contribution in [0.15, 0.2) is 12.1 Å². The first-order valence-electron chi connectivity index (χ1n) is 6.88. The molecule has 2 unspecified atom stereocenters. The van der Waals surface area contributed by atoms with Crippen LogP contribution in [0.4, 0.5) is 5.69 Å². The van der Waals surface area contributed by atoms with Gasteiger partial charge in [0.2, 0.25) is 5.91 Å². The van der Waals surface area contributed by atoms with Crippen LogP contribution in [0.5, 0.6) is 0 Å². The number of carbonyl (C=O) groups excluding carboxylic acids is 2. The van der Waals surface area contributed by atoms with Gasteiger partial charge in [0.15, 0.2) is 5.78 Å². The summed E-state index contributed by atoms with van der Waals surface area (Å²) in [6.07, 6.45) is 1.85. The molecule has 2 heterocycles. The zero-order chi connectivity index (χ0) is 14.3. The molecule has 1 amide bonds. The minimum absolute atomic E-state index is 0.0217. The zero-order valence-corrected chi connectivity index (χ0v) is 12.0. The van der Waals surface area contributed by atoms with Crippen molar-refractivity contribution in [3.8, 4) is 0 Å². The minimum Gasteiger partial charge on any atom is -0.377 e. The van der Waals surface area contributed by atoms with Crippen molar-refractivity contribution in [2.24, 2.45) is 5.92 Å². The molecule has 2 aliphatic heterocycles. The van der Waals surface area contributed by atoms with Crippen molar-refractivity contribution in [2.45, 2.75) is 32.3 Å². The van der Waals surface area contributed by atoms with E-state index in [-0.39, 0.29) is 23.7 Å². The maximum Gasteiger partial charge on any atom is 0.228 e. The fraction of sp³-hybridized carbons (Fsp3) is 0.467. The normalized spacial score (nSPS) is 24.6. The number of rotatable bonds is 3. The molecule has 3 rings (SSSR count). The first-order chi connectivity index (χ1) is 9.60. The molecule has 1 aromatic rings. The second kappa shape index (κ2) is 5.19. The Morgan fingerprint density at radius 1 is 1.50 bits per heavy atom. The smallest absolute Gasteiger partial charge is 0.228 e. The van der Waals surface area contributed by atoms with Crippen LogP contribution in [-0.4, -0.2) is 24.4 Å². The van der Waals surface area contributed by atoms with Gasteiger partial charge in [0.25, 0.3) is 0 Å². The second-order valence-electron chi connectivity index (χ2n) is 5.29. The quantitative estimate of drug-likeness (QED) is 0.872. The van der Waals surface area contributed by atoms with Gasteiger partial charge in [-0.2, -0.15) is 0 Å². The third kappa shape index (κ3) is 2.23. The lowest BCUT2D eigenvalue weighted by atomic mass is 9.89. The molecule has 2 atom stereocenters. The van der Waals surface area contributed by atoms with E-state index >= 15 is 0 Å². The highest BCUT2D eigenvalue weighted by Gasteiger charge is 2.34. The number of ketones is 1. The molecule has 0 bridgehead atoms. The third-order valence-electron chi connectivity index (χ3n) is 4.03. The lowest BCUT2D eigenvalue weighted by Crippen LogP contribution is -2.24. The van der Waals surface area contributed by atoms with E-state index in [1.807, 2.05) is 6.92 Å².